The van der Waals surface area contributed by atoms with Crippen LogP contribution in [-0.4, -0.2) is 37.4 Å². The van der Waals surface area contributed by atoms with Crippen LogP contribution in [0.15, 0.2) is 33.9 Å². The molecule has 0 saturated heterocycles. The molecule has 0 fully saturated rings. The highest BCUT2D eigenvalue weighted by atomic mass is 19.1. The number of halogens is 1. The lowest BCUT2D eigenvalue weighted by atomic mass is 10.3. The van der Waals surface area contributed by atoms with Crippen molar-refractivity contribution in [1.29, 1.82) is 0 Å². The van der Waals surface area contributed by atoms with Crippen LogP contribution in [0.2, 0.25) is 0 Å². The van der Waals surface area contributed by atoms with Gasteiger partial charge in [0.05, 0.1) is 12.2 Å². The summed E-state index contributed by atoms with van der Waals surface area (Å²) in [6.45, 7) is 1.31. The van der Waals surface area contributed by atoms with E-state index in [2.05, 4.69) is 20.5 Å². The summed E-state index contributed by atoms with van der Waals surface area (Å²) in [5.41, 5.74) is 4.59. The van der Waals surface area contributed by atoms with Crippen molar-refractivity contribution in [2.45, 2.75) is 6.54 Å². The van der Waals surface area contributed by atoms with Crippen LogP contribution in [0.1, 0.15) is 5.82 Å². The van der Waals surface area contributed by atoms with E-state index in [0.717, 1.165) is 4.57 Å². The lowest BCUT2D eigenvalue weighted by molar-refractivity contribution is 0.626. The molecule has 0 saturated carbocycles. The Kier molecular flexibility index (Phi) is 4.63. The molecule has 0 aliphatic rings. The van der Waals surface area contributed by atoms with Crippen LogP contribution in [0.4, 0.5) is 4.39 Å². The molecule has 10 heteroatoms. The molecular weight excluding hydrogens is 329 g/mol. The average molecular weight is 345 g/mol. The van der Waals surface area contributed by atoms with Crippen molar-refractivity contribution >= 4 is 11.2 Å². The van der Waals surface area contributed by atoms with Crippen LogP contribution in [0.25, 0.3) is 16.9 Å². The number of rotatable bonds is 5. The van der Waals surface area contributed by atoms with Crippen LogP contribution < -0.4 is 22.3 Å². The number of benzene rings is 1. The maximum absolute atomic E-state index is 13.2. The summed E-state index contributed by atoms with van der Waals surface area (Å²) in [4.78, 5) is 29.1. The lowest BCUT2D eigenvalue weighted by Gasteiger charge is -2.11. The Morgan fingerprint density at radius 3 is 2.60 bits per heavy atom. The van der Waals surface area contributed by atoms with E-state index in [1.807, 2.05) is 0 Å². The molecule has 0 radical (unpaired) electrons. The van der Waals surface area contributed by atoms with Gasteiger partial charge < -0.3 is 11.1 Å². The van der Waals surface area contributed by atoms with Crippen LogP contribution >= 0.6 is 0 Å². The number of aromatic nitrogens is 5. The van der Waals surface area contributed by atoms with Gasteiger partial charge in [-0.25, -0.2) is 18.7 Å². The second-order valence-corrected chi connectivity index (χ2v) is 5.32. The first-order valence-electron chi connectivity index (χ1n) is 7.55. The molecule has 9 nitrogen and oxygen atoms in total. The van der Waals surface area contributed by atoms with Crippen LogP contribution in [0, 0.1) is 5.82 Å². The molecule has 0 unspecified atom stereocenters. The van der Waals surface area contributed by atoms with Crippen molar-refractivity contribution < 1.29 is 4.39 Å². The van der Waals surface area contributed by atoms with E-state index in [1.54, 1.807) is 0 Å². The number of hydrogen-bond donors (Lipinski definition) is 2. The van der Waals surface area contributed by atoms with E-state index in [0.29, 0.717) is 31.1 Å². The summed E-state index contributed by atoms with van der Waals surface area (Å²) in [5, 5.41) is 10.9. The zero-order valence-electron chi connectivity index (χ0n) is 13.4. The Bertz CT molecular complexity index is 1030. The summed E-state index contributed by atoms with van der Waals surface area (Å²) >= 11 is 0. The first-order chi connectivity index (χ1) is 12.0. The van der Waals surface area contributed by atoms with Gasteiger partial charge in [0, 0.05) is 20.1 Å². The fraction of sp³-hybridized carbons (Fsp3) is 0.267. The second-order valence-electron chi connectivity index (χ2n) is 5.32. The van der Waals surface area contributed by atoms with E-state index in [9.17, 15) is 14.0 Å². The summed E-state index contributed by atoms with van der Waals surface area (Å²) in [6.07, 6.45) is 0. The third-order valence-corrected chi connectivity index (χ3v) is 3.60. The molecule has 0 atom stereocenters. The first kappa shape index (κ1) is 16.9. The minimum absolute atomic E-state index is 0.00553. The molecule has 1 aromatic carbocycles. The maximum Gasteiger partial charge on any atom is 0.337 e. The fourth-order valence-corrected chi connectivity index (χ4v) is 2.33. The third-order valence-electron chi connectivity index (χ3n) is 3.60. The zero-order chi connectivity index (χ0) is 18.0. The van der Waals surface area contributed by atoms with E-state index in [4.69, 9.17) is 5.73 Å². The van der Waals surface area contributed by atoms with Gasteiger partial charge in [-0.2, -0.15) is 0 Å². The zero-order valence-corrected chi connectivity index (χ0v) is 13.4. The summed E-state index contributed by atoms with van der Waals surface area (Å²) in [5.74, 6) is -0.134. The Morgan fingerprint density at radius 2 is 1.92 bits per heavy atom. The van der Waals surface area contributed by atoms with E-state index >= 15 is 0 Å². The van der Waals surface area contributed by atoms with Crippen molar-refractivity contribution in [3.63, 3.8) is 0 Å². The molecule has 0 spiro atoms. The maximum atomic E-state index is 13.2. The molecule has 0 bridgehead atoms. The van der Waals surface area contributed by atoms with Crippen molar-refractivity contribution in [1.82, 2.24) is 29.6 Å². The molecule has 3 rings (SSSR count). The Hall–Kier alpha value is -2.98. The quantitative estimate of drug-likeness (QED) is 0.573. The van der Waals surface area contributed by atoms with Gasteiger partial charge in [0.25, 0.3) is 5.56 Å². The van der Waals surface area contributed by atoms with Crippen molar-refractivity contribution in [2.75, 3.05) is 13.1 Å². The molecule has 130 valence electrons. The third kappa shape index (κ3) is 3.16. The smallest absolute Gasteiger partial charge is 0.329 e. The molecule has 3 aromatic rings. The van der Waals surface area contributed by atoms with Crippen LogP contribution in [0.5, 0.6) is 0 Å². The highest BCUT2D eigenvalue weighted by Gasteiger charge is 2.16. The Balaban J connectivity index is 2.21. The first-order valence-corrected chi connectivity index (χ1v) is 7.55. The Morgan fingerprint density at radius 1 is 1.20 bits per heavy atom. The van der Waals surface area contributed by atoms with Gasteiger partial charge in [0.1, 0.15) is 5.82 Å². The highest BCUT2D eigenvalue weighted by Crippen LogP contribution is 2.11. The summed E-state index contributed by atoms with van der Waals surface area (Å²) < 4.78 is 15.3. The molecule has 2 heterocycles. The molecule has 0 aliphatic heterocycles. The lowest BCUT2D eigenvalue weighted by Crippen LogP contribution is -2.38. The topological polar surface area (TPSA) is 121 Å². The average Bonchev–Trinajstić information content (AvgIpc) is 2.62. The molecule has 2 aromatic heterocycles. The normalized spacial score (nSPS) is 11.2. The molecular formula is C15H16FN7O2. The minimum Gasteiger partial charge on any atom is -0.329 e. The van der Waals surface area contributed by atoms with E-state index < -0.39 is 17.1 Å². The number of hydrogen-bond acceptors (Lipinski definition) is 7. The predicted molar refractivity (Wildman–Crippen MR) is 88.9 cm³/mol. The largest absolute Gasteiger partial charge is 0.337 e. The molecule has 3 N–H and O–H groups in total. The molecule has 0 aliphatic carbocycles. The van der Waals surface area contributed by atoms with Crippen molar-refractivity contribution in [3.05, 3.63) is 56.7 Å². The Labute approximate surface area is 140 Å². The van der Waals surface area contributed by atoms with Crippen molar-refractivity contribution in [3.8, 4) is 5.69 Å². The summed E-state index contributed by atoms with van der Waals surface area (Å²) in [7, 11) is 1.35. The van der Waals surface area contributed by atoms with Gasteiger partial charge in [-0.1, -0.05) is 0 Å². The van der Waals surface area contributed by atoms with Crippen LogP contribution in [-0.2, 0) is 13.6 Å². The van der Waals surface area contributed by atoms with Gasteiger partial charge in [-0.15, -0.1) is 10.2 Å². The van der Waals surface area contributed by atoms with Gasteiger partial charge >= 0.3 is 5.69 Å². The highest BCUT2D eigenvalue weighted by molar-refractivity contribution is 5.70. The van der Waals surface area contributed by atoms with Crippen molar-refractivity contribution in [2.24, 2.45) is 12.8 Å². The molecule has 25 heavy (non-hydrogen) atoms. The van der Waals surface area contributed by atoms with Gasteiger partial charge in [-0.05, 0) is 24.3 Å². The minimum atomic E-state index is -0.616. The monoisotopic (exact) mass is 345 g/mol. The predicted octanol–water partition coefficient (Wildman–Crippen LogP) is -0.938. The van der Waals surface area contributed by atoms with Gasteiger partial charge in [0.2, 0.25) is 0 Å². The van der Waals surface area contributed by atoms with E-state index in [1.165, 1.54) is 35.9 Å². The second kappa shape index (κ2) is 6.87. The fourth-order valence-electron chi connectivity index (χ4n) is 2.33. The standard InChI is InChI=1S/C15H16FN7O2/c1-22-14(24)12-13(21-20-11(19-12)8-18-7-6-17)23(15(22)25)10-4-2-9(16)3-5-10/h2-5,18H,6-8,17H2,1H3. The number of fused-ring (bicyclic) bond motifs is 1. The summed E-state index contributed by atoms with van der Waals surface area (Å²) in [6, 6.07) is 5.26. The van der Waals surface area contributed by atoms with E-state index in [-0.39, 0.29) is 11.2 Å². The number of nitrogens with one attached hydrogen (secondary N) is 1. The van der Waals surface area contributed by atoms with Gasteiger partial charge in [0.15, 0.2) is 17.0 Å². The SMILES string of the molecule is Cn1c(=O)c2nc(CNCCN)nnc2n(-c2ccc(F)cc2)c1=O. The number of nitrogens with two attached hydrogens (primary N) is 1. The molecule has 0 amide bonds. The van der Waals surface area contributed by atoms with Crippen LogP contribution in [0.3, 0.4) is 0 Å². The number of nitrogens with zero attached hydrogens (tertiary/aromatic N) is 5. The van der Waals surface area contributed by atoms with Gasteiger partial charge in [-0.3, -0.25) is 9.36 Å².